The maximum atomic E-state index is 12.6. The van der Waals surface area contributed by atoms with Crippen LogP contribution < -0.4 is 20.3 Å². The van der Waals surface area contributed by atoms with Crippen LogP contribution in [0.2, 0.25) is 10.0 Å². The maximum Gasteiger partial charge on any atom is 0.262 e. The lowest BCUT2D eigenvalue weighted by molar-refractivity contribution is -0.127. The number of ether oxygens (including phenoxy) is 1. The molecule has 2 N–H and O–H groups in total. The number of benzene rings is 2. The summed E-state index contributed by atoms with van der Waals surface area (Å²) >= 11 is 12.4. The number of anilines is 2. The van der Waals surface area contributed by atoms with Gasteiger partial charge in [-0.2, -0.15) is 0 Å². The summed E-state index contributed by atoms with van der Waals surface area (Å²) in [6, 6.07) is 10.7. The number of hydrogen-bond acceptors (Lipinski definition) is 4. The summed E-state index contributed by atoms with van der Waals surface area (Å²) < 4.78 is 5.74. The van der Waals surface area contributed by atoms with E-state index in [1.807, 2.05) is 25.1 Å². The molecular weight excluding hydrogens is 389 g/mol. The van der Waals surface area contributed by atoms with Gasteiger partial charge in [0.05, 0.1) is 34.5 Å². The van der Waals surface area contributed by atoms with E-state index in [0.717, 1.165) is 11.3 Å². The molecule has 1 aliphatic rings. The van der Waals surface area contributed by atoms with Gasteiger partial charge in [-0.3, -0.25) is 9.59 Å². The molecule has 0 fully saturated rings. The van der Waals surface area contributed by atoms with Crippen LogP contribution in [0.15, 0.2) is 36.4 Å². The second-order valence-corrected chi connectivity index (χ2v) is 6.96. The van der Waals surface area contributed by atoms with Crippen LogP contribution in [0.25, 0.3) is 0 Å². The number of nitrogens with zero attached hydrogens (tertiary/aromatic N) is 1. The molecule has 1 aliphatic heterocycles. The third-order valence-electron chi connectivity index (χ3n) is 4.28. The van der Waals surface area contributed by atoms with Gasteiger partial charge in [0.25, 0.3) is 5.91 Å². The second-order valence-electron chi connectivity index (χ2n) is 6.17. The van der Waals surface area contributed by atoms with Crippen LogP contribution in [0, 0.1) is 6.92 Å². The molecule has 27 heavy (non-hydrogen) atoms. The van der Waals surface area contributed by atoms with Crippen LogP contribution in [0.4, 0.5) is 11.4 Å². The molecule has 8 heteroatoms. The summed E-state index contributed by atoms with van der Waals surface area (Å²) in [6.07, 6.45) is -0.705. The van der Waals surface area contributed by atoms with Crippen LogP contribution in [0.5, 0.6) is 5.75 Å². The first-order chi connectivity index (χ1) is 12.9. The van der Waals surface area contributed by atoms with Crippen molar-refractivity contribution in [2.24, 2.45) is 0 Å². The Bertz CT molecular complexity index is 888. The van der Waals surface area contributed by atoms with Crippen LogP contribution in [-0.2, 0) is 9.59 Å². The molecule has 0 saturated carbocycles. The Morgan fingerprint density at radius 1 is 1.22 bits per heavy atom. The van der Waals surface area contributed by atoms with E-state index in [4.69, 9.17) is 27.9 Å². The highest BCUT2D eigenvalue weighted by molar-refractivity contribution is 6.40. The van der Waals surface area contributed by atoms with Crippen molar-refractivity contribution in [2.75, 3.05) is 30.4 Å². The molecule has 2 amide bonds. The number of aryl methyl sites for hydroxylation is 1. The summed E-state index contributed by atoms with van der Waals surface area (Å²) in [6.45, 7) is 2.11. The molecule has 0 unspecified atom stereocenters. The number of carbonyl (C=O) groups is 2. The minimum atomic E-state index is -0.705. The predicted octanol–water partition coefficient (Wildman–Crippen LogP) is 3.25. The van der Waals surface area contributed by atoms with Crippen molar-refractivity contribution < 1.29 is 14.3 Å². The van der Waals surface area contributed by atoms with Crippen LogP contribution in [0.1, 0.15) is 5.56 Å². The largest absolute Gasteiger partial charge is 0.477 e. The Hall–Kier alpha value is -2.44. The first-order valence-electron chi connectivity index (χ1n) is 8.37. The second kappa shape index (κ2) is 8.06. The first kappa shape index (κ1) is 19.3. The lowest BCUT2D eigenvalue weighted by Gasteiger charge is -2.35. The van der Waals surface area contributed by atoms with Crippen LogP contribution in [0.3, 0.4) is 0 Å². The van der Waals surface area contributed by atoms with Crippen LogP contribution in [-0.4, -0.2) is 38.1 Å². The average Bonchev–Trinajstić information content (AvgIpc) is 2.67. The number of halogens is 2. The molecule has 0 bridgehead atoms. The molecule has 142 valence electrons. The smallest absolute Gasteiger partial charge is 0.262 e. The number of likely N-dealkylation sites (N-methyl/N-ethyl adjacent to an activating group) is 1. The van der Waals surface area contributed by atoms with E-state index >= 15 is 0 Å². The van der Waals surface area contributed by atoms with Crippen molar-refractivity contribution in [1.82, 2.24) is 5.32 Å². The van der Waals surface area contributed by atoms with Gasteiger partial charge in [-0.25, -0.2) is 0 Å². The molecule has 0 radical (unpaired) electrons. The Morgan fingerprint density at radius 3 is 2.70 bits per heavy atom. The van der Waals surface area contributed by atoms with Crippen molar-refractivity contribution in [3.63, 3.8) is 0 Å². The normalized spacial score (nSPS) is 15.6. The summed E-state index contributed by atoms with van der Waals surface area (Å²) in [4.78, 5) is 26.5. The van der Waals surface area contributed by atoms with E-state index in [2.05, 4.69) is 10.6 Å². The molecule has 0 aliphatic carbocycles. The van der Waals surface area contributed by atoms with E-state index in [0.29, 0.717) is 21.5 Å². The minimum absolute atomic E-state index is 0.0223. The first-order valence-corrected chi connectivity index (χ1v) is 9.13. The number of nitrogens with one attached hydrogen (secondary N) is 2. The van der Waals surface area contributed by atoms with Gasteiger partial charge in [0, 0.05) is 7.05 Å². The fourth-order valence-corrected chi connectivity index (χ4v) is 3.34. The Kier molecular flexibility index (Phi) is 5.77. The lowest BCUT2D eigenvalue weighted by Crippen LogP contribution is -2.50. The molecule has 0 aromatic heterocycles. The number of hydrogen-bond donors (Lipinski definition) is 2. The van der Waals surface area contributed by atoms with Crippen molar-refractivity contribution in [3.05, 3.63) is 52.0 Å². The van der Waals surface area contributed by atoms with Gasteiger partial charge in [-0.15, -0.1) is 0 Å². The summed E-state index contributed by atoms with van der Waals surface area (Å²) in [5, 5.41) is 6.11. The molecule has 0 saturated heterocycles. The van der Waals surface area contributed by atoms with Gasteiger partial charge in [-0.05, 0) is 30.7 Å². The topological polar surface area (TPSA) is 70.7 Å². The van der Waals surface area contributed by atoms with Gasteiger partial charge in [-0.1, -0.05) is 41.4 Å². The summed E-state index contributed by atoms with van der Waals surface area (Å²) in [5.41, 5.74) is 1.94. The highest BCUT2D eigenvalue weighted by atomic mass is 35.5. The van der Waals surface area contributed by atoms with Gasteiger partial charge < -0.3 is 20.3 Å². The zero-order valence-corrected chi connectivity index (χ0v) is 16.4. The number of carbonyl (C=O) groups excluding carboxylic acids is 2. The Morgan fingerprint density at radius 2 is 1.96 bits per heavy atom. The standard InChI is InChI=1S/C19H19Cl2N3O3/c1-11-7-8-12(20)18(17(11)21)23-16(25)10-24-9-15(19(26)22-2)27-14-6-4-3-5-13(14)24/h3-8,15H,9-10H2,1-2H3,(H,22,26)(H,23,25)/t15-/m1/s1. The molecular formula is C19H19Cl2N3O3. The van der Waals surface area contributed by atoms with Gasteiger partial charge in [0.15, 0.2) is 6.10 Å². The van der Waals surface area contributed by atoms with Gasteiger partial charge >= 0.3 is 0 Å². The average molecular weight is 408 g/mol. The number of para-hydroxylation sites is 2. The molecule has 0 spiro atoms. The van der Waals surface area contributed by atoms with Crippen molar-refractivity contribution in [1.29, 1.82) is 0 Å². The molecule has 1 heterocycles. The zero-order chi connectivity index (χ0) is 19.6. The monoisotopic (exact) mass is 407 g/mol. The van der Waals surface area contributed by atoms with E-state index in [1.165, 1.54) is 0 Å². The molecule has 2 aromatic carbocycles. The molecule has 6 nitrogen and oxygen atoms in total. The molecule has 2 aromatic rings. The quantitative estimate of drug-likeness (QED) is 0.815. The van der Waals surface area contributed by atoms with Gasteiger partial charge in [0.2, 0.25) is 5.91 Å². The van der Waals surface area contributed by atoms with Crippen molar-refractivity contribution in [2.45, 2.75) is 13.0 Å². The predicted molar refractivity (Wildman–Crippen MR) is 107 cm³/mol. The SMILES string of the molecule is CNC(=O)[C@H]1CN(CC(=O)Nc2c(Cl)ccc(C)c2Cl)c2ccccc2O1. The maximum absolute atomic E-state index is 12.6. The Balaban J connectivity index is 1.81. The Labute approximate surface area is 167 Å². The number of fused-ring (bicyclic) bond motifs is 1. The third kappa shape index (κ3) is 4.12. The van der Waals surface area contributed by atoms with E-state index < -0.39 is 6.10 Å². The molecule has 3 rings (SSSR count). The third-order valence-corrected chi connectivity index (χ3v) is 5.09. The highest BCUT2D eigenvalue weighted by Gasteiger charge is 2.31. The lowest BCUT2D eigenvalue weighted by atomic mass is 10.1. The summed E-state index contributed by atoms with van der Waals surface area (Å²) in [5.74, 6) is 0.00761. The summed E-state index contributed by atoms with van der Waals surface area (Å²) in [7, 11) is 1.55. The van der Waals surface area contributed by atoms with Crippen LogP contribution >= 0.6 is 23.2 Å². The number of rotatable bonds is 4. The molecule has 1 atom stereocenters. The number of amides is 2. The fourth-order valence-electron chi connectivity index (χ4n) is 2.88. The van der Waals surface area contributed by atoms with E-state index in [1.54, 1.807) is 30.1 Å². The van der Waals surface area contributed by atoms with Crippen molar-refractivity contribution in [3.8, 4) is 5.75 Å². The van der Waals surface area contributed by atoms with Gasteiger partial charge in [0.1, 0.15) is 5.75 Å². The fraction of sp³-hybridized carbons (Fsp3) is 0.263. The van der Waals surface area contributed by atoms with E-state index in [-0.39, 0.29) is 24.9 Å². The minimum Gasteiger partial charge on any atom is -0.477 e. The van der Waals surface area contributed by atoms with Crippen molar-refractivity contribution >= 4 is 46.4 Å². The van der Waals surface area contributed by atoms with E-state index in [9.17, 15) is 9.59 Å². The zero-order valence-electron chi connectivity index (χ0n) is 14.9. The highest BCUT2D eigenvalue weighted by Crippen LogP contribution is 2.34.